The fourth-order valence-corrected chi connectivity index (χ4v) is 4.21. The summed E-state index contributed by atoms with van der Waals surface area (Å²) in [7, 11) is 1.67. The van der Waals surface area contributed by atoms with Crippen molar-refractivity contribution < 1.29 is 4.74 Å². The minimum absolute atomic E-state index is 0.255. The van der Waals surface area contributed by atoms with Gasteiger partial charge in [-0.05, 0) is 56.4 Å². The molecule has 21 heavy (non-hydrogen) atoms. The lowest BCUT2D eigenvalue weighted by Crippen LogP contribution is -2.05. The molecular weight excluding hydrogens is 302 g/mol. The standard InChI is InChI=1S/C17H20ClNOS/c1-11(17-9-12-5-3-4-6-16(12)21-17)19-15-10-13(20-2)7-8-14(15)18/h7-11,19H,3-6H2,1-2H3. The largest absolute Gasteiger partial charge is 0.497 e. The van der Waals surface area contributed by atoms with E-state index >= 15 is 0 Å². The maximum Gasteiger partial charge on any atom is 0.121 e. The SMILES string of the molecule is COc1ccc(Cl)c(NC(C)c2cc3c(s2)CCCC3)c1. The van der Waals surface area contributed by atoms with E-state index in [1.165, 1.54) is 30.6 Å². The Morgan fingerprint density at radius 1 is 1.24 bits per heavy atom. The fourth-order valence-electron chi connectivity index (χ4n) is 2.77. The molecule has 1 N–H and O–H groups in total. The molecule has 1 aromatic heterocycles. The number of hydrogen-bond donors (Lipinski definition) is 1. The van der Waals surface area contributed by atoms with Crippen molar-refractivity contribution in [1.29, 1.82) is 0 Å². The van der Waals surface area contributed by atoms with E-state index in [4.69, 9.17) is 16.3 Å². The van der Waals surface area contributed by atoms with Gasteiger partial charge in [0, 0.05) is 15.8 Å². The Morgan fingerprint density at radius 2 is 2.05 bits per heavy atom. The van der Waals surface area contributed by atoms with Gasteiger partial charge in [0.1, 0.15) is 5.75 Å². The Kier molecular flexibility index (Phi) is 4.41. The zero-order valence-corrected chi connectivity index (χ0v) is 14.0. The van der Waals surface area contributed by atoms with Gasteiger partial charge in [0.2, 0.25) is 0 Å². The molecule has 0 radical (unpaired) electrons. The molecule has 1 heterocycles. The van der Waals surface area contributed by atoms with E-state index in [-0.39, 0.29) is 6.04 Å². The molecule has 0 amide bonds. The van der Waals surface area contributed by atoms with Crippen LogP contribution >= 0.6 is 22.9 Å². The van der Waals surface area contributed by atoms with Crippen LogP contribution in [0.4, 0.5) is 5.69 Å². The van der Waals surface area contributed by atoms with Gasteiger partial charge in [0.05, 0.1) is 23.9 Å². The number of aryl methyl sites for hydroxylation is 2. The third-order valence-corrected chi connectivity index (χ3v) is 5.74. The summed E-state index contributed by atoms with van der Waals surface area (Å²) in [6.07, 6.45) is 5.13. The second-order valence-corrected chi connectivity index (χ2v) is 7.09. The summed E-state index contributed by atoms with van der Waals surface area (Å²) in [5.41, 5.74) is 2.47. The van der Waals surface area contributed by atoms with Gasteiger partial charge >= 0.3 is 0 Å². The number of methoxy groups -OCH3 is 1. The van der Waals surface area contributed by atoms with Crippen LogP contribution in [0.25, 0.3) is 0 Å². The van der Waals surface area contributed by atoms with E-state index < -0.39 is 0 Å². The highest BCUT2D eigenvalue weighted by Gasteiger charge is 2.17. The van der Waals surface area contributed by atoms with Crippen LogP contribution in [0.3, 0.4) is 0 Å². The highest BCUT2D eigenvalue weighted by Crippen LogP contribution is 2.35. The lowest BCUT2D eigenvalue weighted by atomic mass is 9.99. The Bertz CT molecular complexity index is 614. The average molecular weight is 322 g/mol. The summed E-state index contributed by atoms with van der Waals surface area (Å²) in [6.45, 7) is 2.19. The van der Waals surface area contributed by atoms with Crippen LogP contribution in [0.2, 0.25) is 5.02 Å². The quantitative estimate of drug-likeness (QED) is 0.807. The predicted octanol–water partition coefficient (Wildman–Crippen LogP) is 5.46. The van der Waals surface area contributed by atoms with Gasteiger partial charge in [0.15, 0.2) is 0 Å². The van der Waals surface area contributed by atoms with Crippen molar-refractivity contribution in [2.75, 3.05) is 12.4 Å². The van der Waals surface area contributed by atoms with Crippen LogP contribution in [0.1, 0.15) is 41.1 Å². The van der Waals surface area contributed by atoms with Crippen LogP contribution in [0.15, 0.2) is 24.3 Å². The average Bonchev–Trinajstić information content (AvgIpc) is 2.93. The summed E-state index contributed by atoms with van der Waals surface area (Å²) >= 11 is 8.21. The first-order valence-corrected chi connectivity index (χ1v) is 8.58. The highest BCUT2D eigenvalue weighted by molar-refractivity contribution is 7.12. The molecule has 1 aliphatic carbocycles. The molecule has 3 rings (SSSR count). The van der Waals surface area contributed by atoms with Crippen LogP contribution in [0.5, 0.6) is 5.75 Å². The number of anilines is 1. The van der Waals surface area contributed by atoms with E-state index in [9.17, 15) is 0 Å². The van der Waals surface area contributed by atoms with Gasteiger partial charge in [-0.25, -0.2) is 0 Å². The summed E-state index contributed by atoms with van der Waals surface area (Å²) < 4.78 is 5.27. The van der Waals surface area contributed by atoms with Gasteiger partial charge in [-0.2, -0.15) is 0 Å². The van der Waals surface area contributed by atoms with Crippen molar-refractivity contribution in [2.24, 2.45) is 0 Å². The number of nitrogens with one attached hydrogen (secondary N) is 1. The summed E-state index contributed by atoms with van der Waals surface area (Å²) in [6, 6.07) is 8.32. The second-order valence-electron chi connectivity index (χ2n) is 5.52. The molecule has 0 saturated carbocycles. The normalized spacial score (nSPS) is 15.4. The molecular formula is C17H20ClNOS. The van der Waals surface area contributed by atoms with Gasteiger partial charge < -0.3 is 10.1 Å². The molecule has 2 aromatic rings. The van der Waals surface area contributed by atoms with Crippen molar-refractivity contribution >= 4 is 28.6 Å². The Hall–Kier alpha value is -1.19. The zero-order chi connectivity index (χ0) is 14.8. The minimum Gasteiger partial charge on any atom is -0.497 e. The van der Waals surface area contributed by atoms with Gasteiger partial charge in [0.25, 0.3) is 0 Å². The number of rotatable bonds is 4. The first-order chi connectivity index (χ1) is 10.2. The van der Waals surface area contributed by atoms with E-state index in [1.807, 2.05) is 29.5 Å². The van der Waals surface area contributed by atoms with Gasteiger partial charge in [-0.1, -0.05) is 11.6 Å². The smallest absolute Gasteiger partial charge is 0.121 e. The van der Waals surface area contributed by atoms with Gasteiger partial charge in [-0.3, -0.25) is 0 Å². The molecule has 0 fully saturated rings. The van der Waals surface area contributed by atoms with Crippen LogP contribution in [0, 0.1) is 0 Å². The molecule has 4 heteroatoms. The number of hydrogen-bond acceptors (Lipinski definition) is 3. The second kappa shape index (κ2) is 6.29. The third-order valence-electron chi connectivity index (χ3n) is 3.99. The van der Waals surface area contributed by atoms with Crippen molar-refractivity contribution in [3.63, 3.8) is 0 Å². The van der Waals surface area contributed by atoms with Crippen molar-refractivity contribution in [1.82, 2.24) is 0 Å². The molecule has 0 aliphatic heterocycles. The Morgan fingerprint density at radius 3 is 2.81 bits per heavy atom. The monoisotopic (exact) mass is 321 g/mol. The fraction of sp³-hybridized carbons (Fsp3) is 0.412. The zero-order valence-electron chi connectivity index (χ0n) is 12.4. The van der Waals surface area contributed by atoms with Crippen LogP contribution in [-0.4, -0.2) is 7.11 Å². The van der Waals surface area contributed by atoms with Gasteiger partial charge in [-0.15, -0.1) is 11.3 Å². The lowest BCUT2D eigenvalue weighted by molar-refractivity contribution is 0.415. The third kappa shape index (κ3) is 3.19. The molecule has 0 bridgehead atoms. The summed E-state index contributed by atoms with van der Waals surface area (Å²) in [4.78, 5) is 2.96. The topological polar surface area (TPSA) is 21.3 Å². The van der Waals surface area contributed by atoms with Crippen molar-refractivity contribution in [2.45, 2.75) is 38.6 Å². The summed E-state index contributed by atoms with van der Waals surface area (Å²) in [5.74, 6) is 0.819. The first kappa shape index (κ1) is 14.7. The maximum absolute atomic E-state index is 6.27. The molecule has 0 saturated heterocycles. The molecule has 1 unspecified atom stereocenters. The van der Waals surface area contributed by atoms with E-state index in [0.29, 0.717) is 0 Å². The first-order valence-electron chi connectivity index (χ1n) is 7.39. The summed E-state index contributed by atoms with van der Waals surface area (Å²) in [5, 5.41) is 4.23. The van der Waals surface area contributed by atoms with E-state index in [0.717, 1.165) is 16.5 Å². The number of halogens is 1. The molecule has 0 spiro atoms. The maximum atomic E-state index is 6.27. The molecule has 1 aromatic carbocycles. The van der Waals surface area contributed by atoms with Crippen molar-refractivity contribution in [3.05, 3.63) is 44.6 Å². The van der Waals surface area contributed by atoms with Crippen LogP contribution in [-0.2, 0) is 12.8 Å². The number of benzene rings is 1. The van der Waals surface area contributed by atoms with E-state index in [2.05, 4.69) is 18.3 Å². The molecule has 112 valence electrons. The minimum atomic E-state index is 0.255. The van der Waals surface area contributed by atoms with Crippen molar-refractivity contribution in [3.8, 4) is 5.75 Å². The Labute approximate surface area is 135 Å². The highest BCUT2D eigenvalue weighted by atomic mass is 35.5. The number of ether oxygens (including phenoxy) is 1. The molecule has 1 aliphatic rings. The lowest BCUT2D eigenvalue weighted by Gasteiger charge is -2.15. The predicted molar refractivity (Wildman–Crippen MR) is 91.0 cm³/mol. The number of thiophene rings is 1. The van der Waals surface area contributed by atoms with Crippen LogP contribution < -0.4 is 10.1 Å². The molecule has 2 nitrogen and oxygen atoms in total. The number of fused-ring (bicyclic) bond motifs is 1. The molecule has 1 atom stereocenters. The van der Waals surface area contributed by atoms with E-state index in [1.54, 1.807) is 17.6 Å². The Balaban J connectivity index is 1.79.